The molecule has 2 N–H and O–H groups in total. The fourth-order valence-electron chi connectivity index (χ4n) is 1.14. The molecule has 1 aromatic carbocycles. The minimum Gasteiger partial charge on any atom is -0.320 e. The van der Waals surface area contributed by atoms with Gasteiger partial charge in [-0.2, -0.15) is 11.8 Å². The fraction of sp³-hybridized carbons (Fsp3) is 0.333. The SMILES string of the molecule is CSCC[C@H](N)C(=O)N=Cc1ccccc1. The Morgan fingerprint density at radius 3 is 2.81 bits per heavy atom. The molecule has 0 bridgehead atoms. The number of thioether (sulfide) groups is 1. The van der Waals surface area contributed by atoms with Crippen LogP contribution < -0.4 is 5.73 Å². The highest BCUT2D eigenvalue weighted by Gasteiger charge is 2.10. The van der Waals surface area contributed by atoms with E-state index >= 15 is 0 Å². The van der Waals surface area contributed by atoms with Crippen molar-refractivity contribution in [2.75, 3.05) is 12.0 Å². The van der Waals surface area contributed by atoms with Crippen molar-refractivity contribution in [1.29, 1.82) is 0 Å². The summed E-state index contributed by atoms with van der Waals surface area (Å²) in [5, 5.41) is 0. The second kappa shape index (κ2) is 7.19. The van der Waals surface area contributed by atoms with Crippen molar-refractivity contribution in [1.82, 2.24) is 0 Å². The Labute approximate surface area is 100 Å². The molecule has 86 valence electrons. The van der Waals surface area contributed by atoms with E-state index in [1.165, 1.54) is 0 Å². The number of nitrogens with two attached hydrogens (primary N) is 1. The lowest BCUT2D eigenvalue weighted by molar-refractivity contribution is -0.118. The molecule has 0 radical (unpaired) electrons. The third-order valence-corrected chi connectivity index (χ3v) is 2.73. The zero-order chi connectivity index (χ0) is 11.8. The van der Waals surface area contributed by atoms with Gasteiger partial charge in [0, 0.05) is 6.21 Å². The number of amides is 1. The molecular formula is C12H16N2OS. The molecule has 4 heteroatoms. The van der Waals surface area contributed by atoms with Crippen molar-refractivity contribution < 1.29 is 4.79 Å². The minimum absolute atomic E-state index is 0.252. The first-order valence-corrected chi connectivity index (χ1v) is 6.51. The van der Waals surface area contributed by atoms with Gasteiger partial charge >= 0.3 is 0 Å². The molecule has 0 aliphatic heterocycles. The Kier molecular flexibility index (Phi) is 5.82. The second-order valence-electron chi connectivity index (χ2n) is 3.40. The van der Waals surface area contributed by atoms with Crippen molar-refractivity contribution in [2.24, 2.45) is 10.7 Å². The monoisotopic (exact) mass is 236 g/mol. The van der Waals surface area contributed by atoms with Gasteiger partial charge in [0.05, 0.1) is 6.04 Å². The molecule has 1 rings (SSSR count). The highest BCUT2D eigenvalue weighted by atomic mass is 32.2. The number of hydrogen-bond donors (Lipinski definition) is 1. The smallest absolute Gasteiger partial charge is 0.262 e. The van der Waals surface area contributed by atoms with Gasteiger partial charge in [-0.15, -0.1) is 0 Å². The highest BCUT2D eigenvalue weighted by Crippen LogP contribution is 2.00. The van der Waals surface area contributed by atoms with Crippen molar-refractivity contribution in [3.63, 3.8) is 0 Å². The molecule has 0 saturated heterocycles. The van der Waals surface area contributed by atoms with Gasteiger partial charge in [0.25, 0.3) is 5.91 Å². The third kappa shape index (κ3) is 4.59. The summed E-state index contributed by atoms with van der Waals surface area (Å²) in [5.41, 5.74) is 6.60. The van der Waals surface area contributed by atoms with Crippen LogP contribution in [-0.2, 0) is 4.79 Å². The third-order valence-electron chi connectivity index (χ3n) is 2.09. The molecule has 1 aromatic rings. The predicted molar refractivity (Wildman–Crippen MR) is 70.0 cm³/mol. The van der Waals surface area contributed by atoms with Crippen LogP contribution in [0.4, 0.5) is 0 Å². The summed E-state index contributed by atoms with van der Waals surface area (Å²) >= 11 is 1.68. The molecule has 16 heavy (non-hydrogen) atoms. The van der Waals surface area contributed by atoms with E-state index < -0.39 is 6.04 Å². The minimum atomic E-state index is -0.479. The molecule has 0 unspecified atom stereocenters. The summed E-state index contributed by atoms with van der Waals surface area (Å²) in [6.07, 6.45) is 4.22. The number of carbonyl (C=O) groups is 1. The molecule has 0 aromatic heterocycles. The Balaban J connectivity index is 2.48. The maximum absolute atomic E-state index is 11.5. The van der Waals surface area contributed by atoms with Crippen LogP contribution >= 0.6 is 11.8 Å². The summed E-state index contributed by atoms with van der Waals surface area (Å²) < 4.78 is 0. The van der Waals surface area contributed by atoms with E-state index in [1.807, 2.05) is 36.6 Å². The van der Waals surface area contributed by atoms with Crippen LogP contribution in [0.15, 0.2) is 35.3 Å². The number of benzene rings is 1. The first-order chi connectivity index (χ1) is 7.74. The number of hydrogen-bond acceptors (Lipinski definition) is 3. The van der Waals surface area contributed by atoms with E-state index in [0.29, 0.717) is 6.42 Å². The Hall–Kier alpha value is -1.13. The first-order valence-electron chi connectivity index (χ1n) is 5.11. The van der Waals surface area contributed by atoms with Crippen molar-refractivity contribution in [3.8, 4) is 0 Å². The van der Waals surface area contributed by atoms with E-state index in [4.69, 9.17) is 5.73 Å². The summed E-state index contributed by atoms with van der Waals surface area (Å²) in [4.78, 5) is 15.3. The molecule has 0 aliphatic rings. The van der Waals surface area contributed by atoms with Crippen LogP contribution in [0.3, 0.4) is 0 Å². The normalized spacial score (nSPS) is 12.9. The Morgan fingerprint density at radius 1 is 1.50 bits per heavy atom. The molecule has 0 fully saturated rings. The first kappa shape index (κ1) is 12.9. The zero-order valence-corrected chi connectivity index (χ0v) is 10.1. The van der Waals surface area contributed by atoms with Crippen molar-refractivity contribution in [3.05, 3.63) is 35.9 Å². The lowest BCUT2D eigenvalue weighted by Crippen LogP contribution is -2.29. The van der Waals surface area contributed by atoms with E-state index in [9.17, 15) is 4.79 Å². The van der Waals surface area contributed by atoms with Crippen molar-refractivity contribution in [2.45, 2.75) is 12.5 Å². The molecular weight excluding hydrogens is 220 g/mol. The highest BCUT2D eigenvalue weighted by molar-refractivity contribution is 7.98. The standard InChI is InChI=1S/C12H16N2OS/c1-16-8-7-11(13)12(15)14-9-10-5-3-2-4-6-10/h2-6,9,11H,7-8,13H2,1H3/t11-/m0/s1. The van der Waals surface area contributed by atoms with Crippen LogP contribution in [0.25, 0.3) is 0 Å². The van der Waals surface area contributed by atoms with Crippen molar-refractivity contribution >= 4 is 23.9 Å². The lowest BCUT2D eigenvalue weighted by atomic mass is 10.2. The Bertz CT molecular complexity index is 351. The molecule has 1 atom stereocenters. The van der Waals surface area contributed by atoms with Crippen LogP contribution in [0.1, 0.15) is 12.0 Å². The van der Waals surface area contributed by atoms with Gasteiger partial charge in [-0.3, -0.25) is 4.79 Å². The lowest BCUT2D eigenvalue weighted by Gasteiger charge is -2.04. The molecule has 0 heterocycles. The summed E-state index contributed by atoms with van der Waals surface area (Å²) in [7, 11) is 0. The van der Waals surface area contributed by atoms with Crippen LogP contribution in [0, 0.1) is 0 Å². The number of nitrogens with zero attached hydrogens (tertiary/aromatic N) is 1. The van der Waals surface area contributed by atoms with Gasteiger partial charge in [-0.1, -0.05) is 30.3 Å². The average Bonchev–Trinajstić information content (AvgIpc) is 2.34. The van der Waals surface area contributed by atoms with Gasteiger partial charge in [0.1, 0.15) is 0 Å². The molecule has 0 aliphatic carbocycles. The zero-order valence-electron chi connectivity index (χ0n) is 9.30. The topological polar surface area (TPSA) is 55.5 Å². The number of aliphatic imine (C=N–C) groups is 1. The van der Waals surface area contributed by atoms with Gasteiger partial charge in [-0.05, 0) is 24.0 Å². The summed E-state index contributed by atoms with van der Waals surface area (Å²) in [5.74, 6) is 0.631. The molecule has 3 nitrogen and oxygen atoms in total. The number of rotatable bonds is 5. The summed E-state index contributed by atoms with van der Waals surface area (Å²) in [6.45, 7) is 0. The quantitative estimate of drug-likeness (QED) is 0.792. The number of carbonyl (C=O) groups excluding carboxylic acids is 1. The maximum atomic E-state index is 11.5. The Morgan fingerprint density at radius 2 is 2.19 bits per heavy atom. The summed E-state index contributed by atoms with van der Waals surface area (Å²) in [6, 6.07) is 9.03. The van der Waals surface area contributed by atoms with E-state index in [2.05, 4.69) is 4.99 Å². The van der Waals surface area contributed by atoms with Gasteiger partial charge in [0.2, 0.25) is 0 Å². The van der Waals surface area contributed by atoms with E-state index in [-0.39, 0.29) is 5.91 Å². The van der Waals surface area contributed by atoms with Gasteiger partial charge < -0.3 is 5.73 Å². The van der Waals surface area contributed by atoms with E-state index in [0.717, 1.165) is 11.3 Å². The van der Waals surface area contributed by atoms with Crippen LogP contribution in [0.5, 0.6) is 0 Å². The molecule has 0 spiro atoms. The molecule has 1 amide bonds. The average molecular weight is 236 g/mol. The predicted octanol–water partition coefficient (Wildman–Crippen LogP) is 1.71. The van der Waals surface area contributed by atoms with Crippen LogP contribution in [-0.4, -0.2) is 30.2 Å². The fourth-order valence-corrected chi connectivity index (χ4v) is 1.63. The van der Waals surface area contributed by atoms with Gasteiger partial charge in [0.15, 0.2) is 0 Å². The second-order valence-corrected chi connectivity index (χ2v) is 4.38. The maximum Gasteiger partial charge on any atom is 0.262 e. The molecule has 0 saturated carbocycles. The van der Waals surface area contributed by atoms with E-state index in [1.54, 1.807) is 18.0 Å². The van der Waals surface area contributed by atoms with Crippen LogP contribution in [0.2, 0.25) is 0 Å². The largest absolute Gasteiger partial charge is 0.320 e. The van der Waals surface area contributed by atoms with Gasteiger partial charge in [-0.25, -0.2) is 4.99 Å².